The molecule has 33 heavy (non-hydrogen) atoms. The summed E-state index contributed by atoms with van der Waals surface area (Å²) < 4.78 is 5.38. The number of ether oxygens (including phenoxy) is 1. The van der Waals surface area contributed by atoms with Gasteiger partial charge in [0, 0.05) is 12.1 Å². The average molecular weight is 462 g/mol. The van der Waals surface area contributed by atoms with Gasteiger partial charge in [-0.3, -0.25) is 9.59 Å². The second kappa shape index (κ2) is 12.1. The molecule has 186 valence electrons. The van der Waals surface area contributed by atoms with Crippen LogP contribution in [0.15, 0.2) is 24.3 Å². The summed E-state index contributed by atoms with van der Waals surface area (Å²) in [5.41, 5.74) is 1.19. The SMILES string of the molecule is CCc1ccc(C(C(=O)NC(C)C)N(C(=O)C(NC(=O)OC(C)(C)C)C(C)C)C(C)C)cc1. The highest BCUT2D eigenvalue weighted by Crippen LogP contribution is 2.27. The Kier molecular flexibility index (Phi) is 10.4. The molecule has 0 fully saturated rings. The van der Waals surface area contributed by atoms with Gasteiger partial charge in [0.05, 0.1) is 0 Å². The molecule has 0 saturated heterocycles. The maximum absolute atomic E-state index is 13.8. The van der Waals surface area contributed by atoms with E-state index < -0.39 is 23.8 Å². The van der Waals surface area contributed by atoms with Gasteiger partial charge in [-0.1, -0.05) is 45.0 Å². The van der Waals surface area contributed by atoms with E-state index in [0.29, 0.717) is 0 Å². The van der Waals surface area contributed by atoms with Crippen LogP contribution in [0.5, 0.6) is 0 Å². The zero-order valence-electron chi connectivity index (χ0n) is 22.0. The van der Waals surface area contributed by atoms with E-state index in [1.54, 1.807) is 25.7 Å². The Morgan fingerprint density at radius 3 is 1.88 bits per heavy atom. The molecule has 7 heteroatoms. The van der Waals surface area contributed by atoms with Crippen molar-refractivity contribution >= 4 is 17.9 Å². The molecule has 2 N–H and O–H groups in total. The molecule has 7 nitrogen and oxygen atoms in total. The lowest BCUT2D eigenvalue weighted by Gasteiger charge is -2.38. The highest BCUT2D eigenvalue weighted by atomic mass is 16.6. The number of benzene rings is 1. The van der Waals surface area contributed by atoms with Gasteiger partial charge in [0.2, 0.25) is 11.8 Å². The van der Waals surface area contributed by atoms with Crippen molar-refractivity contribution in [1.82, 2.24) is 15.5 Å². The monoisotopic (exact) mass is 461 g/mol. The van der Waals surface area contributed by atoms with Crippen molar-refractivity contribution in [2.75, 3.05) is 0 Å². The molecule has 0 radical (unpaired) electrons. The van der Waals surface area contributed by atoms with Crippen LogP contribution in [0.4, 0.5) is 4.79 Å². The van der Waals surface area contributed by atoms with Crippen LogP contribution in [0.25, 0.3) is 0 Å². The predicted molar refractivity (Wildman–Crippen MR) is 132 cm³/mol. The molecule has 2 atom stereocenters. The summed E-state index contributed by atoms with van der Waals surface area (Å²) in [6.45, 7) is 18.6. The normalized spacial score (nSPS) is 13.6. The number of hydrogen-bond donors (Lipinski definition) is 2. The Balaban J connectivity index is 3.42. The van der Waals surface area contributed by atoms with Crippen molar-refractivity contribution < 1.29 is 19.1 Å². The van der Waals surface area contributed by atoms with Crippen molar-refractivity contribution in [1.29, 1.82) is 0 Å². The van der Waals surface area contributed by atoms with E-state index >= 15 is 0 Å². The third-order valence-electron chi connectivity index (χ3n) is 5.08. The van der Waals surface area contributed by atoms with Gasteiger partial charge >= 0.3 is 6.09 Å². The van der Waals surface area contributed by atoms with Crippen LogP contribution in [-0.2, 0) is 20.7 Å². The van der Waals surface area contributed by atoms with E-state index in [-0.39, 0.29) is 29.8 Å². The molecule has 0 bridgehead atoms. The van der Waals surface area contributed by atoms with E-state index in [1.165, 1.54) is 0 Å². The number of alkyl carbamates (subject to hydrolysis) is 1. The van der Waals surface area contributed by atoms with Crippen LogP contribution in [0.3, 0.4) is 0 Å². The first-order valence-corrected chi connectivity index (χ1v) is 11.9. The van der Waals surface area contributed by atoms with E-state index in [0.717, 1.165) is 17.5 Å². The van der Waals surface area contributed by atoms with Gasteiger partial charge in [0.25, 0.3) is 0 Å². The fraction of sp³-hybridized carbons (Fsp3) is 0.654. The number of carbonyl (C=O) groups is 3. The molecule has 0 saturated carbocycles. The number of nitrogens with zero attached hydrogens (tertiary/aromatic N) is 1. The fourth-order valence-electron chi connectivity index (χ4n) is 3.53. The molecular formula is C26H43N3O4. The second-order valence-corrected chi connectivity index (χ2v) is 10.4. The summed E-state index contributed by atoms with van der Waals surface area (Å²) in [7, 11) is 0. The number of carbonyl (C=O) groups excluding carboxylic acids is 3. The summed E-state index contributed by atoms with van der Waals surface area (Å²) in [4.78, 5) is 41.2. The number of nitrogens with one attached hydrogen (secondary N) is 2. The molecule has 1 aromatic rings. The van der Waals surface area contributed by atoms with Crippen molar-refractivity contribution in [3.8, 4) is 0 Å². The van der Waals surface area contributed by atoms with Crippen LogP contribution in [0, 0.1) is 5.92 Å². The first-order valence-electron chi connectivity index (χ1n) is 11.9. The molecule has 1 rings (SSSR count). The first kappa shape index (κ1) is 28.5. The maximum atomic E-state index is 13.8. The predicted octanol–water partition coefficient (Wildman–Crippen LogP) is 4.60. The molecule has 1 aromatic carbocycles. The van der Waals surface area contributed by atoms with Crippen LogP contribution < -0.4 is 10.6 Å². The lowest BCUT2D eigenvalue weighted by molar-refractivity contribution is -0.145. The minimum atomic E-state index is -0.841. The topological polar surface area (TPSA) is 87.7 Å². The molecule has 0 aliphatic rings. The van der Waals surface area contributed by atoms with Crippen LogP contribution in [0.1, 0.15) is 86.4 Å². The highest BCUT2D eigenvalue weighted by molar-refractivity contribution is 5.92. The van der Waals surface area contributed by atoms with Gasteiger partial charge in [0.1, 0.15) is 17.7 Å². The molecular weight excluding hydrogens is 418 g/mol. The Morgan fingerprint density at radius 1 is 0.939 bits per heavy atom. The van der Waals surface area contributed by atoms with Gasteiger partial charge in [-0.25, -0.2) is 4.79 Å². The van der Waals surface area contributed by atoms with E-state index in [4.69, 9.17) is 4.74 Å². The summed E-state index contributed by atoms with van der Waals surface area (Å²) in [5.74, 6) is -0.784. The molecule has 2 unspecified atom stereocenters. The lowest BCUT2D eigenvalue weighted by Crippen LogP contribution is -2.57. The number of amides is 3. The molecule has 0 aromatic heterocycles. The van der Waals surface area contributed by atoms with Gasteiger partial charge in [-0.05, 0) is 71.9 Å². The van der Waals surface area contributed by atoms with E-state index in [2.05, 4.69) is 17.6 Å². The summed E-state index contributed by atoms with van der Waals surface area (Å²) in [6.07, 6.45) is 0.222. The van der Waals surface area contributed by atoms with Crippen LogP contribution >= 0.6 is 0 Å². The van der Waals surface area contributed by atoms with Crippen LogP contribution in [-0.4, -0.2) is 46.5 Å². The minimum absolute atomic E-state index is 0.0835. The molecule has 3 amide bonds. The standard InChI is InChI=1S/C26H43N3O4/c1-11-19-12-14-20(15-13-19)22(23(30)27-17(4)5)29(18(6)7)24(31)21(16(2)3)28-25(32)33-26(8,9)10/h12-18,21-22H,11H2,1-10H3,(H,27,30)(H,28,32). The van der Waals surface area contributed by atoms with E-state index in [1.807, 2.05) is 65.8 Å². The van der Waals surface area contributed by atoms with Crippen molar-refractivity contribution in [3.63, 3.8) is 0 Å². The zero-order valence-corrected chi connectivity index (χ0v) is 22.0. The van der Waals surface area contributed by atoms with Crippen molar-refractivity contribution in [3.05, 3.63) is 35.4 Å². The molecule has 0 spiro atoms. The van der Waals surface area contributed by atoms with Crippen molar-refractivity contribution in [2.24, 2.45) is 5.92 Å². The minimum Gasteiger partial charge on any atom is -0.444 e. The average Bonchev–Trinajstić information content (AvgIpc) is 2.67. The third kappa shape index (κ3) is 8.71. The third-order valence-corrected chi connectivity index (χ3v) is 5.08. The number of hydrogen-bond acceptors (Lipinski definition) is 4. The number of rotatable bonds is 9. The Labute approximate surface area is 199 Å². The van der Waals surface area contributed by atoms with Gasteiger partial charge < -0.3 is 20.3 Å². The zero-order chi connectivity index (χ0) is 25.5. The molecule has 0 aliphatic heterocycles. The van der Waals surface area contributed by atoms with Gasteiger partial charge in [-0.15, -0.1) is 0 Å². The number of aryl methyl sites for hydroxylation is 1. The highest BCUT2D eigenvalue weighted by Gasteiger charge is 2.39. The Bertz CT molecular complexity index is 795. The van der Waals surface area contributed by atoms with Gasteiger partial charge in [0.15, 0.2) is 0 Å². The molecule has 0 heterocycles. The fourth-order valence-corrected chi connectivity index (χ4v) is 3.53. The van der Waals surface area contributed by atoms with Crippen LogP contribution in [0.2, 0.25) is 0 Å². The Hall–Kier alpha value is -2.57. The van der Waals surface area contributed by atoms with Gasteiger partial charge in [-0.2, -0.15) is 0 Å². The summed E-state index contributed by atoms with van der Waals surface area (Å²) in [6, 6.07) is 5.72. The van der Waals surface area contributed by atoms with Crippen molar-refractivity contribution in [2.45, 2.75) is 105 Å². The maximum Gasteiger partial charge on any atom is 0.408 e. The first-order chi connectivity index (χ1) is 15.2. The largest absolute Gasteiger partial charge is 0.444 e. The summed E-state index contributed by atoms with van der Waals surface area (Å²) in [5, 5.41) is 5.68. The Morgan fingerprint density at radius 2 is 1.48 bits per heavy atom. The van der Waals surface area contributed by atoms with E-state index in [9.17, 15) is 14.4 Å². The quantitative estimate of drug-likeness (QED) is 0.563. The second-order valence-electron chi connectivity index (χ2n) is 10.4. The lowest BCUT2D eigenvalue weighted by atomic mass is 9.96. The summed E-state index contributed by atoms with van der Waals surface area (Å²) >= 11 is 0. The smallest absolute Gasteiger partial charge is 0.408 e. The molecule has 0 aliphatic carbocycles.